The maximum absolute atomic E-state index is 12.9. The molecule has 0 unspecified atom stereocenters. The zero-order chi connectivity index (χ0) is 16.2. The second-order valence-electron chi connectivity index (χ2n) is 4.67. The van der Waals surface area contributed by atoms with Gasteiger partial charge in [0.2, 0.25) is 5.88 Å². The first kappa shape index (κ1) is 15.3. The predicted octanol–water partition coefficient (Wildman–Crippen LogP) is 4.65. The van der Waals surface area contributed by atoms with E-state index in [0.717, 1.165) is 11.8 Å². The molecule has 3 aromatic rings. The molecule has 114 valence electrons. The molecular weight excluding hydrogens is 363 g/mol. The lowest BCUT2D eigenvalue weighted by atomic mass is 10.1. The molecule has 0 saturated heterocycles. The van der Waals surface area contributed by atoms with E-state index < -0.39 is 0 Å². The van der Waals surface area contributed by atoms with Gasteiger partial charge in [-0.1, -0.05) is 15.9 Å². The Hall–Kier alpha value is -2.60. The van der Waals surface area contributed by atoms with E-state index in [1.54, 1.807) is 42.5 Å². The first-order valence-corrected chi connectivity index (χ1v) is 7.47. The molecular formula is C17H10BrFN2O2. The van der Waals surface area contributed by atoms with E-state index in [9.17, 15) is 9.18 Å². The molecule has 4 nitrogen and oxygen atoms in total. The van der Waals surface area contributed by atoms with Crippen molar-refractivity contribution in [1.29, 1.82) is 0 Å². The average molecular weight is 373 g/mol. The molecule has 2 aromatic carbocycles. The fourth-order valence-electron chi connectivity index (χ4n) is 1.95. The number of halogens is 2. The minimum Gasteiger partial charge on any atom is -0.438 e. The van der Waals surface area contributed by atoms with Crippen LogP contribution >= 0.6 is 15.9 Å². The highest BCUT2D eigenvalue weighted by molar-refractivity contribution is 9.10. The highest BCUT2D eigenvalue weighted by Gasteiger charge is 2.06. The minimum absolute atomic E-state index is 0.301. The number of carbonyl (C=O) groups is 1. The number of ether oxygens (including phenoxy) is 1. The third kappa shape index (κ3) is 3.60. The number of carbonyl (C=O) groups excluding carboxylic acids is 1. The van der Waals surface area contributed by atoms with Crippen molar-refractivity contribution in [3.63, 3.8) is 0 Å². The molecule has 23 heavy (non-hydrogen) atoms. The SMILES string of the molecule is O=Cc1cc(Oc2ccc(-c3ccc(F)cc3)nn2)ccc1Br. The quantitative estimate of drug-likeness (QED) is 0.625. The van der Waals surface area contributed by atoms with Crippen molar-refractivity contribution >= 4 is 22.2 Å². The smallest absolute Gasteiger partial charge is 0.238 e. The Morgan fingerprint density at radius 1 is 1.00 bits per heavy atom. The largest absolute Gasteiger partial charge is 0.438 e. The number of aromatic nitrogens is 2. The topological polar surface area (TPSA) is 52.1 Å². The summed E-state index contributed by atoms with van der Waals surface area (Å²) in [5.74, 6) is 0.483. The van der Waals surface area contributed by atoms with Gasteiger partial charge in [0.25, 0.3) is 0 Å². The number of hydrogen-bond donors (Lipinski definition) is 0. The maximum atomic E-state index is 12.9. The molecule has 0 N–H and O–H groups in total. The van der Waals surface area contributed by atoms with Gasteiger partial charge in [-0.2, -0.15) is 0 Å². The van der Waals surface area contributed by atoms with Crippen LogP contribution in [0.3, 0.4) is 0 Å². The van der Waals surface area contributed by atoms with Crippen molar-refractivity contribution in [2.45, 2.75) is 0 Å². The number of aldehydes is 1. The normalized spacial score (nSPS) is 10.3. The first-order valence-electron chi connectivity index (χ1n) is 6.68. The lowest BCUT2D eigenvalue weighted by Crippen LogP contribution is -1.93. The van der Waals surface area contributed by atoms with Crippen LogP contribution in [0.1, 0.15) is 10.4 Å². The Labute approximate surface area is 140 Å². The highest BCUT2D eigenvalue weighted by Crippen LogP contribution is 2.25. The van der Waals surface area contributed by atoms with Crippen LogP contribution in [0.2, 0.25) is 0 Å². The van der Waals surface area contributed by atoms with E-state index in [2.05, 4.69) is 26.1 Å². The zero-order valence-corrected chi connectivity index (χ0v) is 13.3. The van der Waals surface area contributed by atoms with E-state index in [4.69, 9.17) is 4.74 Å². The molecule has 0 aliphatic rings. The molecule has 0 bridgehead atoms. The van der Waals surface area contributed by atoms with Crippen LogP contribution in [0.5, 0.6) is 11.6 Å². The molecule has 1 aromatic heterocycles. The summed E-state index contributed by atoms with van der Waals surface area (Å²) < 4.78 is 19.2. The Morgan fingerprint density at radius 3 is 2.43 bits per heavy atom. The van der Waals surface area contributed by atoms with Crippen LogP contribution in [0.4, 0.5) is 4.39 Å². The molecule has 0 amide bonds. The van der Waals surface area contributed by atoms with Gasteiger partial charge < -0.3 is 4.74 Å². The maximum Gasteiger partial charge on any atom is 0.238 e. The Balaban J connectivity index is 1.80. The Bertz CT molecular complexity index is 836. The van der Waals surface area contributed by atoms with Gasteiger partial charge in [-0.25, -0.2) is 4.39 Å². The number of benzene rings is 2. The van der Waals surface area contributed by atoms with Crippen LogP contribution < -0.4 is 4.74 Å². The van der Waals surface area contributed by atoms with Crippen molar-refractivity contribution in [3.05, 3.63) is 70.5 Å². The zero-order valence-electron chi connectivity index (χ0n) is 11.7. The standard InChI is InChI=1S/C17H10BrFN2O2/c18-15-6-5-14(9-12(15)10-22)23-17-8-7-16(20-21-17)11-1-3-13(19)4-2-11/h1-10H. The van der Waals surface area contributed by atoms with Gasteiger partial charge in [-0.05, 0) is 48.5 Å². The van der Waals surface area contributed by atoms with Gasteiger partial charge in [-0.15, -0.1) is 10.2 Å². The third-order valence-electron chi connectivity index (χ3n) is 3.10. The second-order valence-corrected chi connectivity index (χ2v) is 5.52. The molecule has 0 atom stereocenters. The third-order valence-corrected chi connectivity index (χ3v) is 3.82. The lowest BCUT2D eigenvalue weighted by Gasteiger charge is -2.06. The van der Waals surface area contributed by atoms with E-state index in [0.29, 0.717) is 27.4 Å². The van der Waals surface area contributed by atoms with Crippen molar-refractivity contribution in [3.8, 4) is 22.9 Å². The van der Waals surface area contributed by atoms with Crippen molar-refractivity contribution in [1.82, 2.24) is 10.2 Å². The Morgan fingerprint density at radius 2 is 1.78 bits per heavy atom. The molecule has 6 heteroatoms. The molecule has 0 aliphatic heterocycles. The summed E-state index contributed by atoms with van der Waals surface area (Å²) in [6, 6.07) is 14.4. The van der Waals surface area contributed by atoms with E-state index >= 15 is 0 Å². The van der Waals surface area contributed by atoms with Gasteiger partial charge in [0, 0.05) is 21.7 Å². The average Bonchev–Trinajstić information content (AvgIpc) is 2.58. The van der Waals surface area contributed by atoms with Gasteiger partial charge in [0.1, 0.15) is 11.6 Å². The number of nitrogens with zero attached hydrogens (tertiary/aromatic N) is 2. The van der Waals surface area contributed by atoms with Gasteiger partial charge in [-0.3, -0.25) is 4.79 Å². The van der Waals surface area contributed by atoms with Gasteiger partial charge >= 0.3 is 0 Å². The summed E-state index contributed by atoms with van der Waals surface area (Å²) >= 11 is 3.28. The van der Waals surface area contributed by atoms with E-state index in [1.807, 2.05) is 0 Å². The molecule has 1 heterocycles. The summed E-state index contributed by atoms with van der Waals surface area (Å²) in [7, 11) is 0. The van der Waals surface area contributed by atoms with E-state index in [-0.39, 0.29) is 5.82 Å². The van der Waals surface area contributed by atoms with Crippen LogP contribution in [-0.4, -0.2) is 16.5 Å². The Kier molecular flexibility index (Phi) is 4.43. The van der Waals surface area contributed by atoms with Crippen LogP contribution in [0, 0.1) is 5.82 Å². The predicted molar refractivity (Wildman–Crippen MR) is 87.0 cm³/mol. The fourth-order valence-corrected chi connectivity index (χ4v) is 2.29. The molecule has 3 rings (SSSR count). The fraction of sp³-hybridized carbons (Fsp3) is 0. The van der Waals surface area contributed by atoms with Crippen molar-refractivity contribution in [2.24, 2.45) is 0 Å². The lowest BCUT2D eigenvalue weighted by molar-refractivity contribution is 0.112. The first-order chi connectivity index (χ1) is 11.2. The van der Waals surface area contributed by atoms with Crippen molar-refractivity contribution < 1.29 is 13.9 Å². The number of hydrogen-bond acceptors (Lipinski definition) is 4. The minimum atomic E-state index is -0.303. The summed E-state index contributed by atoms with van der Waals surface area (Å²) in [5.41, 5.74) is 1.86. The second kappa shape index (κ2) is 6.66. The molecule has 0 aliphatic carbocycles. The van der Waals surface area contributed by atoms with Gasteiger partial charge in [0.05, 0.1) is 5.69 Å². The van der Waals surface area contributed by atoms with Crippen LogP contribution in [-0.2, 0) is 0 Å². The van der Waals surface area contributed by atoms with Gasteiger partial charge in [0.15, 0.2) is 6.29 Å². The van der Waals surface area contributed by atoms with Crippen LogP contribution in [0.25, 0.3) is 11.3 Å². The molecule has 0 radical (unpaired) electrons. The number of rotatable bonds is 4. The summed E-state index contributed by atoms with van der Waals surface area (Å²) in [4.78, 5) is 10.9. The van der Waals surface area contributed by atoms with E-state index in [1.165, 1.54) is 12.1 Å². The molecule has 0 fully saturated rings. The summed E-state index contributed by atoms with van der Waals surface area (Å²) in [6.07, 6.45) is 0.736. The van der Waals surface area contributed by atoms with Crippen LogP contribution in [0.15, 0.2) is 59.1 Å². The van der Waals surface area contributed by atoms with Crippen molar-refractivity contribution in [2.75, 3.05) is 0 Å². The highest BCUT2D eigenvalue weighted by atomic mass is 79.9. The monoisotopic (exact) mass is 372 g/mol. The molecule has 0 saturated carbocycles. The molecule has 0 spiro atoms. The summed E-state index contributed by atoms with van der Waals surface area (Å²) in [6.45, 7) is 0. The summed E-state index contributed by atoms with van der Waals surface area (Å²) in [5, 5.41) is 8.04.